The fourth-order valence-electron chi connectivity index (χ4n) is 0.781. The van der Waals surface area contributed by atoms with Crippen molar-refractivity contribution in [2.45, 2.75) is 6.29 Å². The molecule has 0 heterocycles. The van der Waals surface area contributed by atoms with Crippen molar-refractivity contribution in [3.05, 3.63) is 0 Å². The zero-order chi connectivity index (χ0) is 8.69. The Morgan fingerprint density at radius 1 is 1.27 bits per heavy atom. The number of hydrogen-bond acceptors (Lipinski definition) is 4. The van der Waals surface area contributed by atoms with E-state index in [0.717, 1.165) is 0 Å². The predicted molar refractivity (Wildman–Crippen MR) is 38.8 cm³/mol. The van der Waals surface area contributed by atoms with Crippen molar-refractivity contribution in [3.8, 4) is 6.07 Å². The Labute approximate surface area is 66.7 Å². The minimum absolute atomic E-state index is 0.322. The molecular weight excluding hydrogens is 146 g/mol. The molecule has 0 fully saturated rings. The average molecular weight is 159 g/mol. The van der Waals surface area contributed by atoms with Gasteiger partial charge in [-0.25, -0.2) is 0 Å². The van der Waals surface area contributed by atoms with E-state index >= 15 is 0 Å². The second-order valence-corrected chi connectivity index (χ2v) is 2.03. The molecule has 0 rings (SSSR count). The topological polar surface area (TPSA) is 51.5 Å². The number of ether oxygens (including phenoxy) is 3. The van der Waals surface area contributed by atoms with Crippen LogP contribution in [0.15, 0.2) is 0 Å². The fraction of sp³-hybridized carbons (Fsp3) is 0.857. The van der Waals surface area contributed by atoms with Gasteiger partial charge in [-0.3, -0.25) is 0 Å². The molecule has 0 aromatic heterocycles. The van der Waals surface area contributed by atoms with E-state index in [0.29, 0.717) is 6.61 Å². The van der Waals surface area contributed by atoms with E-state index in [4.69, 9.17) is 19.5 Å². The van der Waals surface area contributed by atoms with Crippen LogP contribution in [0, 0.1) is 17.2 Å². The van der Waals surface area contributed by atoms with E-state index < -0.39 is 6.29 Å². The highest BCUT2D eigenvalue weighted by Crippen LogP contribution is 2.06. The van der Waals surface area contributed by atoms with Crippen LogP contribution in [0.4, 0.5) is 0 Å². The summed E-state index contributed by atoms with van der Waals surface area (Å²) in [6, 6.07) is 2.03. The molecule has 0 aromatic carbocycles. The van der Waals surface area contributed by atoms with Gasteiger partial charge >= 0.3 is 0 Å². The van der Waals surface area contributed by atoms with Crippen LogP contribution in [0.2, 0.25) is 0 Å². The van der Waals surface area contributed by atoms with Gasteiger partial charge in [0.1, 0.15) is 5.92 Å². The second kappa shape index (κ2) is 6.10. The number of hydrogen-bond donors (Lipinski definition) is 0. The van der Waals surface area contributed by atoms with Crippen molar-refractivity contribution < 1.29 is 14.2 Å². The predicted octanol–water partition coefficient (Wildman–Crippen LogP) is 0.391. The third-order valence-electron chi connectivity index (χ3n) is 1.31. The minimum Gasteiger partial charge on any atom is -0.383 e. The number of rotatable bonds is 5. The van der Waals surface area contributed by atoms with Crippen LogP contribution in [0.3, 0.4) is 0 Å². The molecule has 4 heteroatoms. The summed E-state index contributed by atoms with van der Waals surface area (Å²) in [5.41, 5.74) is 0. The molecule has 11 heavy (non-hydrogen) atoms. The zero-order valence-corrected chi connectivity index (χ0v) is 7.03. The first-order chi connectivity index (χ1) is 5.29. The summed E-state index contributed by atoms with van der Waals surface area (Å²) < 4.78 is 14.6. The molecule has 0 saturated heterocycles. The van der Waals surface area contributed by atoms with E-state index in [2.05, 4.69) is 0 Å². The van der Waals surface area contributed by atoms with Crippen molar-refractivity contribution in [2.24, 2.45) is 5.92 Å². The van der Waals surface area contributed by atoms with Gasteiger partial charge in [-0.1, -0.05) is 0 Å². The molecule has 0 radical (unpaired) electrons. The maximum absolute atomic E-state index is 8.60. The highest BCUT2D eigenvalue weighted by Gasteiger charge is 2.19. The Kier molecular flexibility index (Phi) is 5.75. The number of nitrogens with zero attached hydrogens (tertiary/aromatic N) is 1. The maximum atomic E-state index is 8.60. The smallest absolute Gasteiger partial charge is 0.174 e. The SMILES string of the molecule is COCC(C#N)C(OC)OC. The van der Waals surface area contributed by atoms with Gasteiger partial charge in [-0.15, -0.1) is 0 Å². The highest BCUT2D eigenvalue weighted by molar-refractivity contribution is 4.84. The van der Waals surface area contributed by atoms with Crippen molar-refractivity contribution in [3.63, 3.8) is 0 Å². The lowest BCUT2D eigenvalue weighted by atomic mass is 10.2. The summed E-state index contributed by atoms with van der Waals surface area (Å²) in [6.45, 7) is 0.322. The molecule has 64 valence electrons. The summed E-state index contributed by atoms with van der Waals surface area (Å²) in [5, 5.41) is 8.60. The molecule has 0 amide bonds. The van der Waals surface area contributed by atoms with Gasteiger partial charge in [-0.05, 0) is 0 Å². The molecule has 0 saturated carbocycles. The van der Waals surface area contributed by atoms with Crippen molar-refractivity contribution in [1.82, 2.24) is 0 Å². The summed E-state index contributed by atoms with van der Waals surface area (Å²) >= 11 is 0. The van der Waals surface area contributed by atoms with Crippen LogP contribution in [0.1, 0.15) is 0 Å². The average Bonchev–Trinajstić information content (AvgIpc) is 2.05. The summed E-state index contributed by atoms with van der Waals surface area (Å²) in [4.78, 5) is 0. The molecule has 0 aliphatic carbocycles. The standard InChI is InChI=1S/C7H13NO3/c1-9-5-6(4-8)7(10-2)11-3/h6-7H,5H2,1-3H3. The van der Waals surface area contributed by atoms with Gasteiger partial charge < -0.3 is 14.2 Å². The first kappa shape index (κ1) is 10.4. The van der Waals surface area contributed by atoms with Crippen LogP contribution in [-0.2, 0) is 14.2 Å². The maximum Gasteiger partial charge on any atom is 0.174 e. The largest absolute Gasteiger partial charge is 0.383 e. The molecule has 0 spiro atoms. The molecular formula is C7H13NO3. The Hall–Kier alpha value is -0.630. The van der Waals surface area contributed by atoms with Gasteiger partial charge in [0.15, 0.2) is 6.29 Å². The van der Waals surface area contributed by atoms with Crippen LogP contribution in [0.5, 0.6) is 0 Å². The fourth-order valence-corrected chi connectivity index (χ4v) is 0.781. The summed E-state index contributed by atoms with van der Waals surface area (Å²) in [6.07, 6.45) is -0.500. The van der Waals surface area contributed by atoms with Gasteiger partial charge in [0.05, 0.1) is 12.7 Å². The Morgan fingerprint density at radius 2 is 1.82 bits per heavy atom. The lowest BCUT2D eigenvalue weighted by Gasteiger charge is -2.17. The van der Waals surface area contributed by atoms with E-state index in [1.54, 1.807) is 0 Å². The van der Waals surface area contributed by atoms with Crippen LogP contribution in [0.25, 0.3) is 0 Å². The molecule has 0 aliphatic heterocycles. The van der Waals surface area contributed by atoms with Crippen molar-refractivity contribution >= 4 is 0 Å². The zero-order valence-electron chi connectivity index (χ0n) is 7.03. The third-order valence-corrected chi connectivity index (χ3v) is 1.31. The highest BCUT2D eigenvalue weighted by atomic mass is 16.7. The molecule has 0 aromatic rings. The molecule has 0 aliphatic rings. The first-order valence-corrected chi connectivity index (χ1v) is 3.24. The lowest BCUT2D eigenvalue weighted by molar-refractivity contribution is -0.134. The monoisotopic (exact) mass is 159 g/mol. The van der Waals surface area contributed by atoms with Crippen LogP contribution < -0.4 is 0 Å². The van der Waals surface area contributed by atoms with Crippen molar-refractivity contribution in [2.75, 3.05) is 27.9 Å². The Morgan fingerprint density at radius 3 is 2.09 bits per heavy atom. The normalized spacial score (nSPS) is 13.0. The molecule has 0 N–H and O–H groups in total. The quantitative estimate of drug-likeness (QED) is 0.544. The Bertz CT molecular complexity index is 128. The van der Waals surface area contributed by atoms with Gasteiger partial charge in [0.2, 0.25) is 0 Å². The minimum atomic E-state index is -0.500. The van der Waals surface area contributed by atoms with Gasteiger partial charge in [0, 0.05) is 21.3 Å². The number of methoxy groups -OCH3 is 3. The van der Waals surface area contributed by atoms with E-state index in [9.17, 15) is 0 Å². The second-order valence-electron chi connectivity index (χ2n) is 2.03. The summed E-state index contributed by atoms with van der Waals surface area (Å²) in [5.74, 6) is -0.366. The van der Waals surface area contributed by atoms with Gasteiger partial charge in [-0.2, -0.15) is 5.26 Å². The van der Waals surface area contributed by atoms with E-state index in [-0.39, 0.29) is 5.92 Å². The van der Waals surface area contributed by atoms with E-state index in [1.165, 1.54) is 21.3 Å². The summed E-state index contributed by atoms with van der Waals surface area (Å²) in [7, 11) is 4.52. The lowest BCUT2D eigenvalue weighted by Crippen LogP contribution is -2.27. The molecule has 1 unspecified atom stereocenters. The van der Waals surface area contributed by atoms with Gasteiger partial charge in [0.25, 0.3) is 0 Å². The molecule has 4 nitrogen and oxygen atoms in total. The molecule has 1 atom stereocenters. The van der Waals surface area contributed by atoms with Crippen LogP contribution in [-0.4, -0.2) is 34.2 Å². The number of nitriles is 1. The first-order valence-electron chi connectivity index (χ1n) is 3.24. The third kappa shape index (κ3) is 3.33. The van der Waals surface area contributed by atoms with Crippen LogP contribution >= 0.6 is 0 Å². The molecule has 0 bridgehead atoms. The Balaban J connectivity index is 3.89. The van der Waals surface area contributed by atoms with E-state index in [1.807, 2.05) is 6.07 Å². The van der Waals surface area contributed by atoms with Crippen molar-refractivity contribution in [1.29, 1.82) is 5.26 Å².